The molecule has 4 heteroatoms. The van der Waals surface area contributed by atoms with Gasteiger partial charge >= 0.3 is 0 Å². The van der Waals surface area contributed by atoms with Crippen LogP contribution in [-0.4, -0.2) is 0 Å². The molecule has 0 saturated carbocycles. The Bertz CT molecular complexity index is 505. The van der Waals surface area contributed by atoms with Crippen molar-refractivity contribution >= 4 is 57.2 Å². The van der Waals surface area contributed by atoms with Crippen LogP contribution in [0.3, 0.4) is 0 Å². The van der Waals surface area contributed by atoms with Crippen molar-refractivity contribution in [3.05, 3.63) is 44.4 Å². The van der Waals surface area contributed by atoms with E-state index >= 15 is 0 Å². The molecule has 0 unspecified atom stereocenters. The van der Waals surface area contributed by atoms with Crippen LogP contribution in [0.25, 0.3) is 10.8 Å². The molecule has 2 rings (SSSR count). The van der Waals surface area contributed by atoms with Crippen molar-refractivity contribution in [2.45, 2.75) is 0 Å². The lowest BCUT2D eigenvalue weighted by Crippen LogP contribution is -1.77. The van der Waals surface area contributed by atoms with Crippen LogP contribution in [0.5, 0.6) is 0 Å². The van der Waals surface area contributed by atoms with Gasteiger partial charge in [0.15, 0.2) is 0 Å². The first-order chi connectivity index (χ1) is 6.59. The molecule has 0 fully saturated rings. The molecule has 0 spiro atoms. The molecule has 0 aliphatic carbocycles. The van der Waals surface area contributed by atoms with Gasteiger partial charge in [0.2, 0.25) is 0 Å². The van der Waals surface area contributed by atoms with Crippen LogP contribution in [-0.2, 0) is 0 Å². The van der Waals surface area contributed by atoms with Crippen molar-refractivity contribution in [3.8, 4) is 0 Å². The largest absolute Gasteiger partial charge is 0.0827 e. The lowest BCUT2D eigenvalue weighted by Gasteiger charge is -2.04. The summed E-state index contributed by atoms with van der Waals surface area (Å²) in [6, 6.07) is 7.07. The third-order valence-corrected chi connectivity index (χ3v) is 3.49. The minimum atomic E-state index is 0.475. The van der Waals surface area contributed by atoms with Gasteiger partial charge in [-0.05, 0) is 23.6 Å². The molecule has 0 N–H and O–H groups in total. The van der Waals surface area contributed by atoms with Gasteiger partial charge < -0.3 is 0 Å². The Labute approximate surface area is 101 Å². The fourth-order valence-electron chi connectivity index (χ4n) is 1.25. The van der Waals surface area contributed by atoms with Crippen molar-refractivity contribution in [2.24, 2.45) is 0 Å². The maximum absolute atomic E-state index is 6.02. The molecule has 0 saturated heterocycles. The molecule has 0 bridgehead atoms. The molecule has 0 aliphatic heterocycles. The molecule has 72 valence electrons. The zero-order chi connectivity index (χ0) is 10.3. The highest BCUT2D eigenvalue weighted by Gasteiger charge is 2.06. The van der Waals surface area contributed by atoms with Gasteiger partial charge in [0, 0.05) is 5.39 Å². The standard InChI is InChI=1S/C10H4Cl4/c11-7-2-1-5-3-8(12)9(13)4-6(5)10(7)14/h1-4H. The second-order valence-electron chi connectivity index (χ2n) is 2.85. The molecule has 0 amide bonds. The molecule has 0 nitrogen and oxygen atoms in total. The number of hydrogen-bond donors (Lipinski definition) is 0. The van der Waals surface area contributed by atoms with Gasteiger partial charge in [0.25, 0.3) is 0 Å². The zero-order valence-corrected chi connectivity index (χ0v) is 9.84. The maximum atomic E-state index is 6.02. The molecule has 2 aromatic rings. The van der Waals surface area contributed by atoms with Gasteiger partial charge in [-0.15, -0.1) is 0 Å². The Morgan fingerprint density at radius 2 is 1.36 bits per heavy atom. The summed E-state index contributed by atoms with van der Waals surface area (Å²) in [4.78, 5) is 0. The SMILES string of the molecule is Clc1cc2ccc(Cl)c(Cl)c2cc1Cl. The minimum Gasteiger partial charge on any atom is -0.0827 e. The highest BCUT2D eigenvalue weighted by Crippen LogP contribution is 2.35. The minimum absolute atomic E-state index is 0.475. The smallest absolute Gasteiger partial charge is 0.0671 e. The maximum Gasteiger partial charge on any atom is 0.0671 e. The van der Waals surface area contributed by atoms with Crippen LogP contribution in [0.4, 0.5) is 0 Å². The Morgan fingerprint density at radius 3 is 2.07 bits per heavy atom. The number of hydrogen-bond acceptors (Lipinski definition) is 0. The lowest BCUT2D eigenvalue weighted by molar-refractivity contribution is 1.74. The fourth-order valence-corrected chi connectivity index (χ4v) is 1.98. The first-order valence-corrected chi connectivity index (χ1v) is 5.33. The molecule has 0 radical (unpaired) electrons. The number of halogens is 4. The van der Waals surface area contributed by atoms with Gasteiger partial charge in [-0.2, -0.15) is 0 Å². The molecule has 14 heavy (non-hydrogen) atoms. The van der Waals surface area contributed by atoms with E-state index in [0.717, 1.165) is 10.8 Å². The van der Waals surface area contributed by atoms with Crippen LogP contribution in [0, 0.1) is 0 Å². The molecule has 0 heterocycles. The van der Waals surface area contributed by atoms with E-state index in [0.29, 0.717) is 20.1 Å². The summed E-state index contributed by atoms with van der Waals surface area (Å²) < 4.78 is 0. The van der Waals surface area contributed by atoms with Crippen LogP contribution < -0.4 is 0 Å². The van der Waals surface area contributed by atoms with E-state index in [-0.39, 0.29) is 0 Å². The predicted molar refractivity (Wildman–Crippen MR) is 64.0 cm³/mol. The summed E-state index contributed by atoms with van der Waals surface area (Å²) in [6.07, 6.45) is 0. The van der Waals surface area contributed by atoms with E-state index in [1.165, 1.54) is 0 Å². The summed E-state index contributed by atoms with van der Waals surface area (Å²) in [6.45, 7) is 0. The monoisotopic (exact) mass is 264 g/mol. The van der Waals surface area contributed by atoms with Gasteiger partial charge in [0.05, 0.1) is 20.1 Å². The van der Waals surface area contributed by atoms with E-state index < -0.39 is 0 Å². The number of rotatable bonds is 0. The normalized spacial score (nSPS) is 10.9. The van der Waals surface area contributed by atoms with E-state index in [1.54, 1.807) is 18.2 Å². The topological polar surface area (TPSA) is 0 Å². The summed E-state index contributed by atoms with van der Waals surface area (Å²) in [7, 11) is 0. The first kappa shape index (κ1) is 10.4. The molecule has 0 aromatic heterocycles. The van der Waals surface area contributed by atoms with Crippen molar-refractivity contribution in [3.63, 3.8) is 0 Å². The van der Waals surface area contributed by atoms with Gasteiger partial charge in [-0.25, -0.2) is 0 Å². The third kappa shape index (κ3) is 1.68. The van der Waals surface area contributed by atoms with E-state index in [9.17, 15) is 0 Å². The summed E-state index contributed by atoms with van der Waals surface area (Å²) >= 11 is 23.6. The third-order valence-electron chi connectivity index (χ3n) is 1.95. The van der Waals surface area contributed by atoms with E-state index in [4.69, 9.17) is 46.4 Å². The van der Waals surface area contributed by atoms with Crippen molar-refractivity contribution < 1.29 is 0 Å². The predicted octanol–water partition coefficient (Wildman–Crippen LogP) is 5.45. The summed E-state index contributed by atoms with van der Waals surface area (Å²) in [5.74, 6) is 0. The van der Waals surface area contributed by atoms with Gasteiger partial charge in [-0.1, -0.05) is 52.5 Å². The van der Waals surface area contributed by atoms with E-state index in [1.807, 2.05) is 6.07 Å². The van der Waals surface area contributed by atoms with Gasteiger partial charge in [-0.3, -0.25) is 0 Å². The molecular formula is C10H4Cl4. The fraction of sp³-hybridized carbons (Fsp3) is 0. The molecular weight excluding hydrogens is 262 g/mol. The Balaban J connectivity index is 2.89. The van der Waals surface area contributed by atoms with Crippen molar-refractivity contribution in [1.29, 1.82) is 0 Å². The highest BCUT2D eigenvalue weighted by atomic mass is 35.5. The van der Waals surface area contributed by atoms with Crippen LogP contribution in [0.2, 0.25) is 20.1 Å². The van der Waals surface area contributed by atoms with E-state index in [2.05, 4.69) is 0 Å². The van der Waals surface area contributed by atoms with Crippen molar-refractivity contribution in [1.82, 2.24) is 0 Å². The first-order valence-electron chi connectivity index (χ1n) is 3.82. The average Bonchev–Trinajstić information content (AvgIpc) is 2.15. The van der Waals surface area contributed by atoms with Crippen LogP contribution in [0.1, 0.15) is 0 Å². The quantitative estimate of drug-likeness (QED) is 0.594. The highest BCUT2D eigenvalue weighted by molar-refractivity contribution is 6.47. The molecule has 2 aromatic carbocycles. The second-order valence-corrected chi connectivity index (χ2v) is 4.45. The summed E-state index contributed by atoms with van der Waals surface area (Å²) in [5, 5.41) is 3.74. The van der Waals surface area contributed by atoms with Gasteiger partial charge in [0.1, 0.15) is 0 Å². The van der Waals surface area contributed by atoms with Crippen molar-refractivity contribution in [2.75, 3.05) is 0 Å². The zero-order valence-electron chi connectivity index (χ0n) is 6.82. The Hall–Kier alpha value is -0.140. The number of benzene rings is 2. The van der Waals surface area contributed by atoms with Crippen LogP contribution >= 0.6 is 46.4 Å². The Kier molecular flexibility index (Phi) is 2.81. The molecule has 0 aliphatic rings. The van der Waals surface area contributed by atoms with Crippen LogP contribution in [0.15, 0.2) is 24.3 Å². The Morgan fingerprint density at radius 1 is 0.714 bits per heavy atom. The lowest BCUT2D eigenvalue weighted by atomic mass is 10.1. The molecule has 0 atom stereocenters. The summed E-state index contributed by atoms with van der Waals surface area (Å²) in [5.41, 5.74) is 0. The second kappa shape index (κ2) is 3.79. The average molecular weight is 266 g/mol. The number of fused-ring (bicyclic) bond motifs is 1.